The topological polar surface area (TPSA) is 78.5 Å². The van der Waals surface area contributed by atoms with Crippen LogP contribution in [0.1, 0.15) is 63.9 Å². The van der Waals surface area contributed by atoms with Crippen LogP contribution in [-0.2, 0) is 4.79 Å². The van der Waals surface area contributed by atoms with E-state index in [1.807, 2.05) is 6.20 Å². The van der Waals surface area contributed by atoms with Crippen LogP contribution in [0.4, 0.5) is 0 Å². The van der Waals surface area contributed by atoms with Crippen LogP contribution in [-0.4, -0.2) is 50.7 Å². The third kappa shape index (κ3) is 2.95. The lowest BCUT2D eigenvalue weighted by molar-refractivity contribution is -0.193. The number of rotatable bonds is 4. The maximum absolute atomic E-state index is 13.4. The van der Waals surface area contributed by atoms with E-state index in [0.717, 1.165) is 43.1 Å². The van der Waals surface area contributed by atoms with E-state index in [4.69, 9.17) is 16.3 Å². The molecule has 6 rings (SSSR count). The van der Waals surface area contributed by atoms with Crippen molar-refractivity contribution in [3.63, 3.8) is 0 Å². The quantitative estimate of drug-likeness (QED) is 0.787. The van der Waals surface area contributed by atoms with Crippen LogP contribution in [0.25, 0.3) is 11.0 Å². The van der Waals surface area contributed by atoms with Gasteiger partial charge in [0.25, 0.3) is 0 Å². The summed E-state index contributed by atoms with van der Waals surface area (Å²) in [7, 11) is 1.57. The Hall–Kier alpha value is -1.79. The van der Waals surface area contributed by atoms with Crippen molar-refractivity contribution in [3.8, 4) is 5.75 Å². The van der Waals surface area contributed by atoms with Crippen molar-refractivity contribution >= 4 is 28.5 Å². The van der Waals surface area contributed by atoms with Crippen molar-refractivity contribution in [1.29, 1.82) is 0 Å². The summed E-state index contributed by atoms with van der Waals surface area (Å²) in [5.74, 6) is 0.711. The molecule has 2 saturated heterocycles. The maximum Gasteiger partial charge on any atom is 0.223 e. The number of halogens is 1. The Bertz CT molecular complexity index is 951. The highest BCUT2D eigenvalue weighted by Gasteiger charge is 2.59. The number of piperidine rings is 2. The van der Waals surface area contributed by atoms with Crippen LogP contribution < -0.4 is 4.74 Å². The summed E-state index contributed by atoms with van der Waals surface area (Å²) in [4.78, 5) is 23.0. The van der Waals surface area contributed by atoms with E-state index in [0.29, 0.717) is 22.8 Å². The second-order valence-electron chi connectivity index (χ2n) is 9.85. The minimum atomic E-state index is -0.574. The van der Waals surface area contributed by atoms with E-state index < -0.39 is 5.60 Å². The van der Waals surface area contributed by atoms with Crippen LogP contribution in [0.5, 0.6) is 5.75 Å². The van der Waals surface area contributed by atoms with Crippen LogP contribution >= 0.6 is 11.6 Å². The number of methoxy groups -OCH3 is 1. The Morgan fingerprint density at radius 1 is 1.41 bits per heavy atom. The summed E-state index contributed by atoms with van der Waals surface area (Å²) in [5.41, 5.74) is 1.29. The van der Waals surface area contributed by atoms with Crippen molar-refractivity contribution in [2.24, 2.45) is 5.41 Å². The molecule has 4 heterocycles. The zero-order chi connectivity index (χ0) is 20.6. The third-order valence-electron chi connectivity index (χ3n) is 7.39. The van der Waals surface area contributed by atoms with Gasteiger partial charge >= 0.3 is 0 Å². The Morgan fingerprint density at radius 2 is 2.10 bits per heavy atom. The highest BCUT2D eigenvalue weighted by Crippen LogP contribution is 2.57. The number of carbonyl (C=O) groups excluding carboxylic acids is 1. The number of hydrogen-bond acceptors (Lipinski definition) is 4. The smallest absolute Gasteiger partial charge is 0.223 e. The molecular weight excluding hydrogens is 390 g/mol. The van der Waals surface area contributed by atoms with E-state index in [1.54, 1.807) is 13.3 Å². The lowest BCUT2D eigenvalue weighted by atomic mass is 9.54. The first-order valence-corrected chi connectivity index (χ1v) is 10.8. The predicted octanol–water partition coefficient (Wildman–Crippen LogP) is 4.01. The molecule has 156 valence electrons. The van der Waals surface area contributed by atoms with Gasteiger partial charge in [-0.1, -0.05) is 25.4 Å². The van der Waals surface area contributed by atoms with Gasteiger partial charge in [0, 0.05) is 30.1 Å². The monoisotopic (exact) mass is 417 g/mol. The van der Waals surface area contributed by atoms with Crippen LogP contribution in [0, 0.1) is 5.41 Å². The lowest BCUT2D eigenvalue weighted by Gasteiger charge is -2.63. The van der Waals surface area contributed by atoms with Crippen LogP contribution in [0.2, 0.25) is 5.02 Å². The number of nitrogens with one attached hydrogen (secondary N) is 1. The van der Waals surface area contributed by atoms with Gasteiger partial charge in [0.05, 0.1) is 23.9 Å². The molecule has 29 heavy (non-hydrogen) atoms. The number of nitrogens with zero attached hydrogens (tertiary/aromatic N) is 2. The first kappa shape index (κ1) is 19.2. The summed E-state index contributed by atoms with van der Waals surface area (Å²) < 4.78 is 5.31. The Labute approximate surface area is 175 Å². The van der Waals surface area contributed by atoms with Crippen LogP contribution in [0.15, 0.2) is 12.4 Å². The fourth-order valence-corrected chi connectivity index (χ4v) is 6.90. The Morgan fingerprint density at radius 3 is 2.72 bits per heavy atom. The van der Waals surface area contributed by atoms with Gasteiger partial charge in [-0.2, -0.15) is 0 Å². The maximum atomic E-state index is 13.4. The van der Waals surface area contributed by atoms with Crippen molar-refractivity contribution in [2.45, 2.75) is 76.0 Å². The SMILES string of the molecule is COc1cnc2[nH]cc(C(C)CC(=O)N3C4CC5(C)CC3CC(O)(C4)C5)c2c1Cl. The molecule has 4 bridgehead atoms. The van der Waals surface area contributed by atoms with Crippen molar-refractivity contribution in [3.05, 3.63) is 23.0 Å². The normalized spacial score (nSPS) is 34.0. The summed E-state index contributed by atoms with van der Waals surface area (Å²) in [6.07, 6.45) is 8.26. The molecule has 2 aromatic heterocycles. The van der Waals surface area contributed by atoms with Gasteiger partial charge in [0.1, 0.15) is 5.65 Å². The summed E-state index contributed by atoms with van der Waals surface area (Å²) >= 11 is 6.54. The highest BCUT2D eigenvalue weighted by atomic mass is 35.5. The molecule has 1 amide bonds. The second-order valence-corrected chi connectivity index (χ2v) is 10.2. The molecule has 0 spiro atoms. The molecule has 2 aliphatic carbocycles. The number of aromatic nitrogens is 2. The number of carbonyl (C=O) groups is 1. The van der Waals surface area contributed by atoms with E-state index in [2.05, 4.69) is 28.7 Å². The molecule has 0 aromatic carbocycles. The number of aromatic amines is 1. The van der Waals surface area contributed by atoms with Crippen molar-refractivity contribution in [1.82, 2.24) is 14.9 Å². The molecule has 7 heteroatoms. The van der Waals surface area contributed by atoms with Gasteiger partial charge < -0.3 is 19.7 Å². The van der Waals surface area contributed by atoms with Gasteiger partial charge in [-0.05, 0) is 49.0 Å². The summed E-state index contributed by atoms with van der Waals surface area (Å²) in [6, 6.07) is 0.332. The molecule has 4 aliphatic rings. The van der Waals surface area contributed by atoms with Gasteiger partial charge in [0.15, 0.2) is 5.75 Å². The van der Waals surface area contributed by atoms with Crippen LogP contribution in [0.3, 0.4) is 0 Å². The largest absolute Gasteiger partial charge is 0.494 e. The number of pyridine rings is 1. The average molecular weight is 418 g/mol. The first-order chi connectivity index (χ1) is 13.7. The van der Waals surface area contributed by atoms with Crippen molar-refractivity contribution < 1.29 is 14.6 Å². The number of hydrogen-bond donors (Lipinski definition) is 2. The molecule has 2 aromatic rings. The number of fused-ring (bicyclic) bond motifs is 1. The predicted molar refractivity (Wildman–Crippen MR) is 111 cm³/mol. The molecular formula is C22H28ClN3O3. The van der Waals surface area contributed by atoms with Gasteiger partial charge in [0.2, 0.25) is 5.91 Å². The fourth-order valence-electron chi connectivity index (χ4n) is 6.58. The van der Waals surface area contributed by atoms with E-state index in [9.17, 15) is 9.90 Å². The van der Waals surface area contributed by atoms with Gasteiger partial charge in [-0.15, -0.1) is 0 Å². The minimum absolute atomic E-state index is 0.00137. The fraction of sp³-hybridized carbons (Fsp3) is 0.636. The summed E-state index contributed by atoms with van der Waals surface area (Å²) in [6.45, 7) is 4.33. The molecule has 4 fully saturated rings. The molecule has 2 aliphatic heterocycles. The Balaban J connectivity index is 1.39. The number of amides is 1. The van der Waals surface area contributed by atoms with E-state index in [-0.39, 0.29) is 29.3 Å². The van der Waals surface area contributed by atoms with E-state index in [1.165, 1.54) is 0 Å². The van der Waals surface area contributed by atoms with Gasteiger partial charge in [-0.25, -0.2) is 4.98 Å². The number of ether oxygens (including phenoxy) is 1. The number of H-pyrrole nitrogens is 1. The average Bonchev–Trinajstić information content (AvgIpc) is 3.04. The zero-order valence-electron chi connectivity index (χ0n) is 17.2. The van der Waals surface area contributed by atoms with Gasteiger partial charge in [-0.3, -0.25) is 4.79 Å². The molecule has 2 saturated carbocycles. The minimum Gasteiger partial charge on any atom is -0.494 e. The summed E-state index contributed by atoms with van der Waals surface area (Å²) in [5, 5.41) is 12.3. The molecule has 3 unspecified atom stereocenters. The molecule has 6 nitrogen and oxygen atoms in total. The van der Waals surface area contributed by atoms with E-state index >= 15 is 0 Å². The standard InChI is InChI=1S/C22H28ClN3O3/c1-12(15-9-24-20-18(15)19(23)16(29-3)10-25-20)4-17(27)26-13-5-21(2)6-14(26)8-22(28,7-13)11-21/h9-10,12-14,28H,4-8,11H2,1-3H3,(H,24,25). The Kier molecular flexibility index (Phi) is 4.20. The molecule has 0 radical (unpaired) electrons. The third-order valence-corrected chi connectivity index (χ3v) is 7.76. The first-order valence-electron chi connectivity index (χ1n) is 10.4. The lowest BCUT2D eigenvalue weighted by Crippen LogP contribution is -2.68. The molecule has 2 N–H and O–H groups in total. The highest BCUT2D eigenvalue weighted by molar-refractivity contribution is 6.37. The zero-order valence-corrected chi connectivity index (χ0v) is 17.9. The number of aliphatic hydroxyl groups is 1. The molecule has 3 atom stereocenters. The van der Waals surface area contributed by atoms with Crippen molar-refractivity contribution in [2.75, 3.05) is 7.11 Å². The second kappa shape index (κ2) is 6.35.